The highest BCUT2D eigenvalue weighted by Gasteiger charge is 2.37. The molecule has 0 amide bonds. The highest BCUT2D eigenvalue weighted by Crippen LogP contribution is 2.38. The van der Waals surface area contributed by atoms with Gasteiger partial charge in [0.15, 0.2) is 0 Å². The van der Waals surface area contributed by atoms with Gasteiger partial charge in [-0.2, -0.15) is 9.50 Å². The molecule has 0 bridgehead atoms. The molecule has 6 nitrogen and oxygen atoms in total. The molecule has 4 rings (SSSR count). The molecule has 1 saturated heterocycles. The van der Waals surface area contributed by atoms with Crippen molar-refractivity contribution in [3.05, 3.63) is 27.9 Å². The maximum Gasteiger partial charge on any atom is 0.274 e. The van der Waals surface area contributed by atoms with E-state index in [4.69, 9.17) is 0 Å². The zero-order valence-electron chi connectivity index (χ0n) is 11.6. The van der Waals surface area contributed by atoms with E-state index in [1.54, 1.807) is 0 Å². The summed E-state index contributed by atoms with van der Waals surface area (Å²) in [6.07, 6.45) is 6.35. The molecule has 20 heavy (non-hydrogen) atoms. The van der Waals surface area contributed by atoms with Crippen molar-refractivity contribution in [1.82, 2.24) is 24.9 Å². The predicted molar refractivity (Wildman–Crippen MR) is 74.6 cm³/mol. The number of nitrogens with one attached hydrogen (secondary N) is 2. The second-order valence-electron chi connectivity index (χ2n) is 6.09. The molecule has 0 aromatic carbocycles. The molecule has 0 radical (unpaired) electrons. The van der Waals surface area contributed by atoms with Gasteiger partial charge in [0.2, 0.25) is 0 Å². The molecule has 3 heterocycles. The summed E-state index contributed by atoms with van der Waals surface area (Å²) >= 11 is 0. The minimum atomic E-state index is -0.0957. The lowest BCUT2D eigenvalue weighted by Crippen LogP contribution is -2.30. The zero-order chi connectivity index (χ0) is 13.7. The monoisotopic (exact) mass is 273 g/mol. The van der Waals surface area contributed by atoms with E-state index in [-0.39, 0.29) is 11.6 Å². The minimum Gasteiger partial charge on any atom is -0.304 e. The Hall–Kier alpha value is -1.69. The molecule has 2 aliphatic rings. The fourth-order valence-electron chi connectivity index (χ4n) is 3.69. The number of hydrogen-bond donors (Lipinski definition) is 2. The molecule has 2 aromatic heterocycles. The summed E-state index contributed by atoms with van der Waals surface area (Å²) in [5, 5.41) is 6.78. The fraction of sp³-hybridized carbons (Fsp3) is 0.643. The Balaban J connectivity index is 1.69. The van der Waals surface area contributed by atoms with Gasteiger partial charge in [0, 0.05) is 17.8 Å². The summed E-state index contributed by atoms with van der Waals surface area (Å²) in [5.74, 6) is 2.07. The Morgan fingerprint density at radius 3 is 3.00 bits per heavy atom. The molecule has 3 unspecified atom stereocenters. The lowest BCUT2D eigenvalue weighted by molar-refractivity contribution is 0.325. The van der Waals surface area contributed by atoms with E-state index in [1.807, 2.05) is 6.92 Å². The molecule has 2 aromatic rings. The van der Waals surface area contributed by atoms with Gasteiger partial charge < -0.3 is 5.32 Å². The van der Waals surface area contributed by atoms with E-state index in [0.717, 1.165) is 18.2 Å². The smallest absolute Gasteiger partial charge is 0.274 e. The molecule has 106 valence electrons. The molecule has 3 atom stereocenters. The highest BCUT2D eigenvalue weighted by molar-refractivity contribution is 5.28. The first-order valence-electron chi connectivity index (χ1n) is 7.43. The lowest BCUT2D eigenvalue weighted by Gasteiger charge is -2.24. The number of aromatic nitrogens is 4. The normalized spacial score (nSPS) is 29.8. The van der Waals surface area contributed by atoms with Gasteiger partial charge in [-0.1, -0.05) is 12.8 Å². The number of hydrogen-bond acceptors (Lipinski definition) is 4. The third-order valence-corrected chi connectivity index (χ3v) is 4.67. The van der Waals surface area contributed by atoms with Crippen LogP contribution in [0.1, 0.15) is 49.7 Å². The van der Waals surface area contributed by atoms with Crippen molar-refractivity contribution in [2.24, 2.45) is 5.92 Å². The van der Waals surface area contributed by atoms with Crippen LogP contribution in [-0.2, 0) is 0 Å². The maximum atomic E-state index is 11.9. The Labute approximate surface area is 116 Å². The number of H-pyrrole nitrogens is 1. The van der Waals surface area contributed by atoms with Gasteiger partial charge in [0.05, 0.1) is 6.04 Å². The number of fused-ring (bicyclic) bond motifs is 2. The Morgan fingerprint density at radius 1 is 1.30 bits per heavy atom. The number of rotatable bonds is 1. The van der Waals surface area contributed by atoms with Crippen LogP contribution in [0, 0.1) is 12.8 Å². The summed E-state index contributed by atoms with van der Waals surface area (Å²) < 4.78 is 1.44. The Morgan fingerprint density at radius 2 is 2.15 bits per heavy atom. The van der Waals surface area contributed by atoms with Crippen molar-refractivity contribution < 1.29 is 0 Å². The van der Waals surface area contributed by atoms with Gasteiger partial charge >= 0.3 is 0 Å². The Kier molecular flexibility index (Phi) is 2.66. The van der Waals surface area contributed by atoms with Crippen molar-refractivity contribution in [3.63, 3.8) is 0 Å². The molecule has 6 heteroatoms. The van der Waals surface area contributed by atoms with Crippen LogP contribution in [0.25, 0.3) is 5.78 Å². The summed E-state index contributed by atoms with van der Waals surface area (Å²) in [5.41, 5.74) is 0.614. The second kappa shape index (κ2) is 4.41. The van der Waals surface area contributed by atoms with E-state index in [1.165, 1.54) is 36.3 Å². The van der Waals surface area contributed by atoms with Crippen molar-refractivity contribution in [1.29, 1.82) is 0 Å². The van der Waals surface area contributed by atoms with Crippen molar-refractivity contribution >= 4 is 5.78 Å². The summed E-state index contributed by atoms with van der Waals surface area (Å²) in [4.78, 5) is 20.7. The van der Waals surface area contributed by atoms with E-state index < -0.39 is 0 Å². The number of aromatic amines is 1. The lowest BCUT2D eigenvalue weighted by atomic mass is 9.85. The highest BCUT2D eigenvalue weighted by atomic mass is 16.1. The van der Waals surface area contributed by atoms with Gasteiger partial charge in [-0.15, -0.1) is 0 Å². The predicted octanol–water partition coefficient (Wildman–Crippen LogP) is 1.32. The first-order valence-corrected chi connectivity index (χ1v) is 7.43. The van der Waals surface area contributed by atoms with Gasteiger partial charge in [0.25, 0.3) is 11.3 Å². The minimum absolute atomic E-state index is 0.0957. The maximum absolute atomic E-state index is 11.9. The average molecular weight is 273 g/mol. The van der Waals surface area contributed by atoms with Crippen molar-refractivity contribution in [2.45, 2.75) is 51.1 Å². The van der Waals surface area contributed by atoms with Crippen LogP contribution in [0.4, 0.5) is 0 Å². The molecule has 0 spiro atoms. The van der Waals surface area contributed by atoms with E-state index >= 15 is 0 Å². The molecular weight excluding hydrogens is 254 g/mol. The van der Waals surface area contributed by atoms with Gasteiger partial charge in [-0.25, -0.2) is 4.98 Å². The van der Waals surface area contributed by atoms with Crippen LogP contribution in [0.3, 0.4) is 0 Å². The standard InChI is InChI=1S/C14H19N5O/c1-8-6-12(20)19-14(15-8)17-13(18-19)11-7-9-4-2-3-5-10(9)16-11/h6,9-11,16H,2-5,7H2,1H3,(H,15,17,18). The van der Waals surface area contributed by atoms with Crippen molar-refractivity contribution in [2.75, 3.05) is 0 Å². The summed E-state index contributed by atoms with van der Waals surface area (Å²) in [6, 6.07) is 2.37. The number of nitrogens with zero attached hydrogens (tertiary/aromatic N) is 3. The molecule has 2 fully saturated rings. The first kappa shape index (κ1) is 12.1. The first-order chi connectivity index (χ1) is 9.70. The third-order valence-electron chi connectivity index (χ3n) is 4.67. The van der Waals surface area contributed by atoms with Crippen molar-refractivity contribution in [3.8, 4) is 0 Å². The third kappa shape index (κ3) is 1.86. The zero-order valence-corrected chi connectivity index (χ0v) is 11.6. The Bertz CT molecular complexity index is 689. The topological polar surface area (TPSA) is 75.1 Å². The van der Waals surface area contributed by atoms with Gasteiger partial charge in [-0.05, 0) is 32.1 Å². The average Bonchev–Trinajstić information content (AvgIpc) is 3.01. The SMILES string of the molecule is Cc1cc(=O)n2[nH]c(C3CC4CCCCC4N3)nc2n1. The van der Waals surface area contributed by atoms with Crippen LogP contribution < -0.4 is 10.9 Å². The molecular formula is C14H19N5O. The van der Waals surface area contributed by atoms with E-state index in [2.05, 4.69) is 20.4 Å². The van der Waals surface area contributed by atoms with Crippen LogP contribution in [0.2, 0.25) is 0 Å². The molecule has 1 saturated carbocycles. The van der Waals surface area contributed by atoms with Crippen LogP contribution in [0.5, 0.6) is 0 Å². The molecule has 2 N–H and O–H groups in total. The molecule has 1 aliphatic heterocycles. The van der Waals surface area contributed by atoms with E-state index in [9.17, 15) is 4.79 Å². The van der Waals surface area contributed by atoms with Crippen LogP contribution in [0.15, 0.2) is 10.9 Å². The fourth-order valence-corrected chi connectivity index (χ4v) is 3.69. The van der Waals surface area contributed by atoms with Gasteiger partial charge in [0.1, 0.15) is 5.82 Å². The van der Waals surface area contributed by atoms with E-state index in [0.29, 0.717) is 17.5 Å². The summed E-state index contributed by atoms with van der Waals surface area (Å²) in [6.45, 7) is 1.82. The van der Waals surface area contributed by atoms with Crippen LogP contribution >= 0.6 is 0 Å². The second-order valence-corrected chi connectivity index (χ2v) is 6.09. The van der Waals surface area contributed by atoms with Gasteiger partial charge in [-0.3, -0.25) is 9.89 Å². The quantitative estimate of drug-likeness (QED) is 0.821. The largest absolute Gasteiger partial charge is 0.304 e. The molecule has 1 aliphatic carbocycles. The van der Waals surface area contributed by atoms with Crippen LogP contribution in [-0.4, -0.2) is 25.6 Å². The number of aryl methyl sites for hydroxylation is 1. The summed E-state index contributed by atoms with van der Waals surface area (Å²) in [7, 11) is 0.